The molecular weight excluding hydrogens is 192 g/mol. The molecule has 0 aromatic carbocycles. The number of amides is 1. The molecule has 0 aromatic rings. The van der Waals surface area contributed by atoms with Gasteiger partial charge in [-0.2, -0.15) is 0 Å². The fourth-order valence-electron chi connectivity index (χ4n) is 2.67. The van der Waals surface area contributed by atoms with Crippen LogP contribution < -0.4 is 11.1 Å². The molecule has 4 unspecified atom stereocenters. The molecule has 86 valence electrons. The number of hydrogen-bond acceptors (Lipinski definition) is 3. The number of nitrogens with one attached hydrogen (secondary N) is 1. The third-order valence-corrected chi connectivity index (χ3v) is 3.52. The van der Waals surface area contributed by atoms with Crippen molar-refractivity contribution in [3.8, 4) is 0 Å². The van der Waals surface area contributed by atoms with E-state index in [9.17, 15) is 4.79 Å². The molecule has 0 bridgehead atoms. The molecule has 0 radical (unpaired) electrons. The molecule has 4 nitrogen and oxygen atoms in total. The van der Waals surface area contributed by atoms with Crippen molar-refractivity contribution in [3.05, 3.63) is 0 Å². The Kier molecular flexibility index (Phi) is 3.26. The first kappa shape index (κ1) is 10.9. The average molecular weight is 212 g/mol. The van der Waals surface area contributed by atoms with E-state index in [1.807, 2.05) is 0 Å². The maximum Gasteiger partial charge on any atom is 0.236 e. The van der Waals surface area contributed by atoms with Crippen LogP contribution in [-0.2, 0) is 9.53 Å². The molecule has 3 N–H and O–H groups in total. The fraction of sp³-hybridized carbons (Fsp3) is 0.909. The summed E-state index contributed by atoms with van der Waals surface area (Å²) >= 11 is 0. The first-order valence-electron chi connectivity index (χ1n) is 5.86. The predicted octanol–water partition coefficient (Wildman–Crippen LogP) is 0.407. The normalized spacial score (nSPS) is 37.1. The maximum atomic E-state index is 11.5. The van der Waals surface area contributed by atoms with Crippen molar-refractivity contribution in [2.45, 2.75) is 50.8 Å². The van der Waals surface area contributed by atoms with Crippen molar-refractivity contribution in [1.29, 1.82) is 0 Å². The molecule has 15 heavy (non-hydrogen) atoms. The van der Waals surface area contributed by atoms with Crippen LogP contribution in [0.3, 0.4) is 0 Å². The Balaban J connectivity index is 1.93. The summed E-state index contributed by atoms with van der Waals surface area (Å²) in [4.78, 5) is 11.5. The number of nitrogens with two attached hydrogens (primary N) is 1. The highest BCUT2D eigenvalue weighted by molar-refractivity contribution is 5.81. The Morgan fingerprint density at radius 1 is 1.47 bits per heavy atom. The van der Waals surface area contributed by atoms with E-state index in [-0.39, 0.29) is 11.9 Å². The third kappa shape index (κ3) is 2.32. The van der Waals surface area contributed by atoms with Gasteiger partial charge in [0.1, 0.15) is 0 Å². The summed E-state index contributed by atoms with van der Waals surface area (Å²) in [6.45, 7) is 2.57. The van der Waals surface area contributed by atoms with Gasteiger partial charge in [0.25, 0.3) is 0 Å². The molecule has 1 saturated heterocycles. The molecule has 4 atom stereocenters. The smallest absolute Gasteiger partial charge is 0.236 e. The van der Waals surface area contributed by atoms with Gasteiger partial charge in [0, 0.05) is 18.6 Å². The van der Waals surface area contributed by atoms with Gasteiger partial charge < -0.3 is 15.8 Å². The molecular formula is C11H20N2O2. The van der Waals surface area contributed by atoms with Crippen molar-refractivity contribution < 1.29 is 9.53 Å². The van der Waals surface area contributed by atoms with E-state index in [0.29, 0.717) is 12.0 Å². The summed E-state index contributed by atoms with van der Waals surface area (Å²) in [7, 11) is 0. The SMILES string of the molecule is CC(N)C(=O)NC1CCCC2OCCC12. The molecule has 1 heterocycles. The second-order valence-electron chi connectivity index (χ2n) is 4.70. The molecule has 4 heteroatoms. The Hall–Kier alpha value is -0.610. The summed E-state index contributed by atoms with van der Waals surface area (Å²) in [5.41, 5.74) is 5.55. The van der Waals surface area contributed by atoms with Crippen LogP contribution in [0.5, 0.6) is 0 Å². The first-order valence-corrected chi connectivity index (χ1v) is 5.86. The zero-order chi connectivity index (χ0) is 10.8. The molecule has 0 spiro atoms. The molecule has 2 rings (SSSR count). The standard InChI is InChI=1S/C11H20N2O2/c1-7(12)11(14)13-9-3-2-4-10-8(9)5-6-15-10/h7-10H,2-6,12H2,1H3,(H,13,14). The number of carbonyl (C=O) groups excluding carboxylic acids is 1. The van der Waals surface area contributed by atoms with E-state index in [1.165, 1.54) is 0 Å². The first-order chi connectivity index (χ1) is 7.18. The summed E-state index contributed by atoms with van der Waals surface area (Å²) < 4.78 is 5.65. The second kappa shape index (κ2) is 4.49. The number of carbonyl (C=O) groups is 1. The summed E-state index contributed by atoms with van der Waals surface area (Å²) in [6, 6.07) is -0.127. The van der Waals surface area contributed by atoms with E-state index in [0.717, 1.165) is 32.3 Å². The van der Waals surface area contributed by atoms with Crippen LogP contribution in [0.15, 0.2) is 0 Å². The monoisotopic (exact) mass is 212 g/mol. The molecule has 1 saturated carbocycles. The molecule has 2 fully saturated rings. The second-order valence-corrected chi connectivity index (χ2v) is 4.70. The van der Waals surface area contributed by atoms with Crippen LogP contribution in [0.2, 0.25) is 0 Å². The van der Waals surface area contributed by atoms with E-state index in [2.05, 4.69) is 5.32 Å². The van der Waals surface area contributed by atoms with Crippen LogP contribution in [0.25, 0.3) is 0 Å². The minimum Gasteiger partial charge on any atom is -0.378 e. The number of fused-ring (bicyclic) bond motifs is 1. The molecule has 1 amide bonds. The molecule has 1 aliphatic carbocycles. The quantitative estimate of drug-likeness (QED) is 0.696. The van der Waals surface area contributed by atoms with Gasteiger partial charge >= 0.3 is 0 Å². The van der Waals surface area contributed by atoms with E-state index in [4.69, 9.17) is 10.5 Å². The van der Waals surface area contributed by atoms with Crippen LogP contribution >= 0.6 is 0 Å². The van der Waals surface area contributed by atoms with Crippen molar-refractivity contribution in [2.75, 3.05) is 6.61 Å². The van der Waals surface area contributed by atoms with Crippen LogP contribution in [0.4, 0.5) is 0 Å². The van der Waals surface area contributed by atoms with Crippen LogP contribution in [-0.4, -0.2) is 30.7 Å². The van der Waals surface area contributed by atoms with Gasteiger partial charge in [0.15, 0.2) is 0 Å². The minimum absolute atomic E-state index is 0.0347. The summed E-state index contributed by atoms with van der Waals surface area (Å²) in [5, 5.41) is 3.05. The Labute approximate surface area is 90.5 Å². The molecule has 2 aliphatic rings. The van der Waals surface area contributed by atoms with E-state index >= 15 is 0 Å². The highest BCUT2D eigenvalue weighted by Gasteiger charge is 2.38. The maximum absolute atomic E-state index is 11.5. The van der Waals surface area contributed by atoms with Gasteiger partial charge in [-0.15, -0.1) is 0 Å². The lowest BCUT2D eigenvalue weighted by Gasteiger charge is -2.33. The van der Waals surface area contributed by atoms with Crippen LogP contribution in [0, 0.1) is 5.92 Å². The number of rotatable bonds is 2. The number of hydrogen-bond donors (Lipinski definition) is 2. The summed E-state index contributed by atoms with van der Waals surface area (Å²) in [5.74, 6) is 0.481. The van der Waals surface area contributed by atoms with E-state index < -0.39 is 6.04 Å². The van der Waals surface area contributed by atoms with Gasteiger partial charge in [0.2, 0.25) is 5.91 Å². The van der Waals surface area contributed by atoms with Crippen molar-refractivity contribution in [1.82, 2.24) is 5.32 Å². The van der Waals surface area contributed by atoms with Gasteiger partial charge in [-0.05, 0) is 32.6 Å². The van der Waals surface area contributed by atoms with Crippen molar-refractivity contribution >= 4 is 5.91 Å². The Morgan fingerprint density at radius 3 is 3.00 bits per heavy atom. The van der Waals surface area contributed by atoms with E-state index in [1.54, 1.807) is 6.92 Å². The molecule has 1 aliphatic heterocycles. The fourth-order valence-corrected chi connectivity index (χ4v) is 2.67. The number of ether oxygens (including phenoxy) is 1. The van der Waals surface area contributed by atoms with Crippen molar-refractivity contribution in [3.63, 3.8) is 0 Å². The topological polar surface area (TPSA) is 64.4 Å². The Bertz CT molecular complexity index is 243. The minimum atomic E-state index is -0.410. The molecule has 0 aromatic heterocycles. The zero-order valence-electron chi connectivity index (χ0n) is 9.24. The van der Waals surface area contributed by atoms with Gasteiger partial charge in [-0.1, -0.05) is 0 Å². The van der Waals surface area contributed by atoms with Gasteiger partial charge in [0.05, 0.1) is 12.1 Å². The highest BCUT2D eigenvalue weighted by atomic mass is 16.5. The third-order valence-electron chi connectivity index (χ3n) is 3.52. The van der Waals surface area contributed by atoms with Crippen LogP contribution in [0.1, 0.15) is 32.6 Å². The largest absolute Gasteiger partial charge is 0.378 e. The average Bonchev–Trinajstić information content (AvgIpc) is 2.66. The van der Waals surface area contributed by atoms with Crippen molar-refractivity contribution in [2.24, 2.45) is 11.7 Å². The van der Waals surface area contributed by atoms with Gasteiger partial charge in [-0.25, -0.2) is 0 Å². The Morgan fingerprint density at radius 2 is 2.27 bits per heavy atom. The lowest BCUT2D eigenvalue weighted by atomic mass is 9.81. The lowest BCUT2D eigenvalue weighted by molar-refractivity contribution is -0.123. The highest BCUT2D eigenvalue weighted by Crippen LogP contribution is 2.34. The lowest BCUT2D eigenvalue weighted by Crippen LogP contribution is -2.50. The predicted molar refractivity (Wildman–Crippen MR) is 57.3 cm³/mol. The zero-order valence-corrected chi connectivity index (χ0v) is 9.24. The summed E-state index contributed by atoms with van der Waals surface area (Å²) in [6.07, 6.45) is 4.81. The van der Waals surface area contributed by atoms with Gasteiger partial charge in [-0.3, -0.25) is 4.79 Å².